The zero-order chi connectivity index (χ0) is 55.5. The van der Waals surface area contributed by atoms with Crippen molar-refractivity contribution in [2.45, 2.75) is 96.3 Å². The molecular weight excluding hydrogens is 957 g/mol. The van der Waals surface area contributed by atoms with Gasteiger partial charge in [0.1, 0.15) is 46.0 Å². The Morgan fingerprint density at radius 2 is 0.519 bits per heavy atom. The number of ether oxygens (including phenoxy) is 6. The maximum absolute atomic E-state index is 10.4. The van der Waals surface area contributed by atoms with Crippen molar-refractivity contribution in [1.82, 2.24) is 0 Å². The highest BCUT2D eigenvalue weighted by molar-refractivity contribution is 5.59. The maximum Gasteiger partial charge on any atom is 0.125 e. The third-order valence-corrected chi connectivity index (χ3v) is 16.3. The Balaban J connectivity index is 1.32. The van der Waals surface area contributed by atoms with Crippen LogP contribution in [0.4, 0.5) is 0 Å². The Bertz CT molecular complexity index is 3330. The Hall–Kier alpha value is -7.84. The molecule has 0 unspecified atom stereocenters. The van der Waals surface area contributed by atoms with Gasteiger partial charge in [0.05, 0.1) is 42.7 Å². The van der Waals surface area contributed by atoms with Crippen molar-refractivity contribution in [2.75, 3.05) is 42.7 Å². The number of rotatable bonds is 20. The number of hydrogen-bond acceptors (Lipinski definition) is 8. The molecule has 0 amide bonds. The van der Waals surface area contributed by atoms with Gasteiger partial charge in [-0.3, -0.25) is 0 Å². The van der Waals surface area contributed by atoms with E-state index in [0.717, 1.165) is 107 Å². The van der Waals surface area contributed by atoms with E-state index in [1.54, 1.807) is 66.9 Å². The molecule has 2 N–H and O–H groups in total. The van der Waals surface area contributed by atoms with E-state index in [4.69, 9.17) is 28.4 Å². The lowest BCUT2D eigenvalue weighted by atomic mass is 9.75. The van der Waals surface area contributed by atoms with Crippen LogP contribution in [0, 0.1) is 0 Å². The topological polar surface area (TPSA) is 95.8 Å². The molecule has 0 bridgehead atoms. The van der Waals surface area contributed by atoms with Crippen molar-refractivity contribution >= 4 is 0 Å². The van der Waals surface area contributed by atoms with Gasteiger partial charge in [-0.15, -0.1) is 0 Å². The number of phenolic OH excluding ortho intramolecular Hbond substituents is 2. The molecule has 0 fully saturated rings. The fourth-order valence-corrected chi connectivity index (χ4v) is 10.9. The van der Waals surface area contributed by atoms with Crippen LogP contribution in [-0.4, -0.2) is 52.9 Å². The van der Waals surface area contributed by atoms with Crippen LogP contribution >= 0.6 is 0 Å². The predicted octanol–water partition coefficient (Wildman–Crippen LogP) is 15.2. The average molecular weight is 1030 g/mol. The smallest absolute Gasteiger partial charge is 0.125 e. The molecule has 8 aromatic rings. The van der Waals surface area contributed by atoms with Gasteiger partial charge in [0.2, 0.25) is 0 Å². The zero-order valence-electron chi connectivity index (χ0n) is 47.5. The van der Waals surface area contributed by atoms with E-state index in [-0.39, 0.29) is 22.3 Å². The van der Waals surface area contributed by atoms with E-state index in [2.05, 4.69) is 140 Å². The van der Waals surface area contributed by atoms with Gasteiger partial charge in [0.15, 0.2) is 0 Å². The second-order valence-corrected chi connectivity index (χ2v) is 22.3. The predicted molar refractivity (Wildman–Crippen MR) is 311 cm³/mol. The van der Waals surface area contributed by atoms with Crippen LogP contribution in [0.15, 0.2) is 158 Å². The van der Waals surface area contributed by atoms with Crippen LogP contribution in [0.25, 0.3) is 0 Å². The normalized spacial score (nSPS) is 12.0. The molecule has 0 spiro atoms. The summed E-state index contributed by atoms with van der Waals surface area (Å²) >= 11 is 0. The van der Waals surface area contributed by atoms with E-state index >= 15 is 0 Å². The fraction of sp³-hybridized carbons (Fsp3) is 0.304. The van der Waals surface area contributed by atoms with Gasteiger partial charge in [0.25, 0.3) is 0 Å². The van der Waals surface area contributed by atoms with E-state index in [0.29, 0.717) is 19.3 Å². The summed E-state index contributed by atoms with van der Waals surface area (Å²) in [5, 5.41) is 20.6. The molecular formula is C69H76O8. The third kappa shape index (κ3) is 11.3. The van der Waals surface area contributed by atoms with E-state index in [1.165, 1.54) is 5.56 Å². The zero-order valence-corrected chi connectivity index (χ0v) is 47.5. The minimum absolute atomic E-state index is 0.218. The molecule has 400 valence electrons. The Labute approximate surface area is 457 Å². The van der Waals surface area contributed by atoms with Crippen LogP contribution in [0.5, 0.6) is 46.0 Å². The highest BCUT2D eigenvalue weighted by atomic mass is 16.5. The van der Waals surface area contributed by atoms with Crippen LogP contribution < -0.4 is 28.4 Å². The van der Waals surface area contributed by atoms with Crippen LogP contribution in [0.3, 0.4) is 0 Å². The molecule has 0 aromatic heterocycles. The molecule has 8 aromatic carbocycles. The first-order valence-electron chi connectivity index (χ1n) is 26.3. The first-order chi connectivity index (χ1) is 36.7. The summed E-state index contributed by atoms with van der Waals surface area (Å²) in [4.78, 5) is 0. The number of phenols is 2. The summed E-state index contributed by atoms with van der Waals surface area (Å²) in [5.41, 5.74) is 13.4. The average Bonchev–Trinajstić information content (AvgIpc) is 3.45. The summed E-state index contributed by atoms with van der Waals surface area (Å²) in [6.07, 6.45) is 1.52. The highest BCUT2D eigenvalue weighted by Gasteiger charge is 2.32. The number of methoxy groups -OCH3 is 6. The lowest BCUT2D eigenvalue weighted by Crippen LogP contribution is -2.21. The van der Waals surface area contributed by atoms with Gasteiger partial charge in [-0.25, -0.2) is 0 Å². The minimum Gasteiger partial charge on any atom is -0.508 e. The molecule has 8 nitrogen and oxygen atoms in total. The highest BCUT2D eigenvalue weighted by Crippen LogP contribution is 2.45. The molecule has 0 radical (unpaired) electrons. The third-order valence-electron chi connectivity index (χ3n) is 16.3. The summed E-state index contributed by atoms with van der Waals surface area (Å²) in [7, 11) is 10.4. The molecule has 0 aliphatic carbocycles. The van der Waals surface area contributed by atoms with Crippen molar-refractivity contribution in [1.29, 1.82) is 0 Å². The fourth-order valence-electron chi connectivity index (χ4n) is 10.9. The van der Waals surface area contributed by atoms with E-state index in [1.807, 2.05) is 48.5 Å². The first kappa shape index (κ1) is 55.4. The molecule has 0 atom stereocenters. The lowest BCUT2D eigenvalue weighted by Gasteiger charge is -2.30. The van der Waals surface area contributed by atoms with Gasteiger partial charge < -0.3 is 38.6 Å². The molecule has 77 heavy (non-hydrogen) atoms. The summed E-state index contributed by atoms with van der Waals surface area (Å²) in [6, 6.07) is 53.7. The first-order valence-corrected chi connectivity index (χ1v) is 26.3. The van der Waals surface area contributed by atoms with Crippen molar-refractivity contribution in [3.8, 4) is 46.0 Å². The van der Waals surface area contributed by atoms with Crippen LogP contribution in [-0.2, 0) is 40.9 Å². The summed E-state index contributed by atoms with van der Waals surface area (Å²) in [6.45, 7) is 17.9. The molecule has 8 rings (SSSR count). The Morgan fingerprint density at radius 1 is 0.273 bits per heavy atom. The lowest BCUT2D eigenvalue weighted by molar-refractivity contribution is 0.398. The van der Waals surface area contributed by atoms with Gasteiger partial charge in [-0.1, -0.05) is 152 Å². The van der Waals surface area contributed by atoms with Crippen molar-refractivity contribution in [3.05, 3.63) is 236 Å². The number of aromatic hydroxyl groups is 2. The molecule has 0 heterocycles. The monoisotopic (exact) mass is 1030 g/mol. The van der Waals surface area contributed by atoms with Crippen molar-refractivity contribution in [3.63, 3.8) is 0 Å². The van der Waals surface area contributed by atoms with Gasteiger partial charge in [0, 0.05) is 40.9 Å². The van der Waals surface area contributed by atoms with Gasteiger partial charge in [-0.05, 0) is 139 Å². The van der Waals surface area contributed by atoms with E-state index in [9.17, 15) is 10.2 Å². The number of benzene rings is 8. The second-order valence-electron chi connectivity index (χ2n) is 22.3. The molecule has 0 aliphatic rings. The summed E-state index contributed by atoms with van der Waals surface area (Å²) in [5.74, 6) is 5.20. The van der Waals surface area contributed by atoms with Gasteiger partial charge >= 0.3 is 0 Å². The van der Waals surface area contributed by atoms with Crippen molar-refractivity contribution < 1.29 is 38.6 Å². The van der Waals surface area contributed by atoms with Crippen LogP contribution in [0.1, 0.15) is 133 Å². The largest absolute Gasteiger partial charge is 0.508 e. The minimum atomic E-state index is -0.491. The van der Waals surface area contributed by atoms with Crippen molar-refractivity contribution in [2.24, 2.45) is 0 Å². The SMILES string of the molecule is COc1ccc(C(C)(C)c2ccc(OC)c(Cc3cc(C(C)(C)c4ccc(O)cc4)cc(Cc4cc(C(C)(C)c5ccc(OC)cc5)cc(Cc5cc(C(C)(C)c6ccc(O)cc6)ccc5OC)c4OC)c3OC)c2)cc1. The van der Waals surface area contributed by atoms with Gasteiger partial charge in [-0.2, -0.15) is 0 Å². The van der Waals surface area contributed by atoms with Crippen LogP contribution in [0.2, 0.25) is 0 Å². The Morgan fingerprint density at radius 3 is 0.792 bits per heavy atom. The second kappa shape index (κ2) is 22.4. The molecule has 0 aliphatic heterocycles. The summed E-state index contributed by atoms with van der Waals surface area (Å²) < 4.78 is 36.6. The Kier molecular flexibility index (Phi) is 16.1. The molecule has 8 heteroatoms. The number of hydrogen-bond donors (Lipinski definition) is 2. The standard InChI is InChI=1S/C69H76O8/c1-66(2,50-15-25-58(70)26-16-50)54-23-33-62(74-11)44(38-54)35-47-41-57(69(7,8)53-21-31-61(73-10)32-22-53)43-49(65(47)77-14)37-48-42-56(68(5,6)51-17-27-59(71)28-18-51)40-46(64(48)76-13)36-45-39-55(24-34-63(45)75-12)67(3,4)52-19-29-60(72-9)30-20-52/h15-34,38-43,70-71H,35-37H2,1-14H3. The van der Waals surface area contributed by atoms with E-state index < -0.39 is 10.8 Å². The quantitative estimate of drug-likeness (QED) is 0.0779. The maximum atomic E-state index is 10.4. The molecule has 0 saturated carbocycles. The molecule has 0 saturated heterocycles.